The number of nitrogens with zero attached hydrogens (tertiary/aromatic N) is 2. The van der Waals surface area contributed by atoms with Crippen LogP contribution >= 0.6 is 0 Å². The van der Waals surface area contributed by atoms with Crippen LogP contribution in [0.3, 0.4) is 0 Å². The monoisotopic (exact) mass is 460 g/mol. The van der Waals surface area contributed by atoms with Gasteiger partial charge in [0.2, 0.25) is 0 Å². The fraction of sp³-hybridized carbons (Fsp3) is 0.0294. The van der Waals surface area contributed by atoms with Crippen LogP contribution in [0.2, 0.25) is 0 Å². The fourth-order valence-corrected chi connectivity index (χ4v) is 5.50. The molecule has 7 rings (SSSR count). The Morgan fingerprint density at radius 2 is 1.22 bits per heavy atom. The molecule has 2 nitrogen and oxygen atoms in total. The summed E-state index contributed by atoms with van der Waals surface area (Å²) in [6.45, 7) is 2.12. The van der Waals surface area contributed by atoms with E-state index >= 15 is 0 Å². The SMILES string of the molecule is Cc1ccc(N(c2cccnc2)c2cccc(-c3ccc4c5c(cccc35)-c3ccccc3-4)c2)cc1. The highest BCUT2D eigenvalue weighted by molar-refractivity contribution is 6.18. The normalized spacial score (nSPS) is 11.5. The maximum Gasteiger partial charge on any atom is 0.0644 e. The zero-order valence-corrected chi connectivity index (χ0v) is 20.0. The maximum atomic E-state index is 4.40. The lowest BCUT2D eigenvalue weighted by Gasteiger charge is -2.25. The van der Waals surface area contributed by atoms with E-state index in [4.69, 9.17) is 0 Å². The minimum absolute atomic E-state index is 1.04. The molecular formula is C34H24N2. The summed E-state index contributed by atoms with van der Waals surface area (Å²) in [4.78, 5) is 6.67. The lowest BCUT2D eigenvalue weighted by molar-refractivity contribution is 1.23. The highest BCUT2D eigenvalue weighted by Crippen LogP contribution is 2.49. The molecule has 0 aliphatic heterocycles. The first-order valence-electron chi connectivity index (χ1n) is 12.3. The first-order valence-corrected chi connectivity index (χ1v) is 12.3. The van der Waals surface area contributed by atoms with Crippen molar-refractivity contribution in [2.45, 2.75) is 6.92 Å². The number of pyridine rings is 1. The molecule has 0 amide bonds. The Labute approximate surface area is 211 Å². The van der Waals surface area contributed by atoms with Gasteiger partial charge in [0.15, 0.2) is 0 Å². The Kier molecular flexibility index (Phi) is 4.71. The average molecular weight is 461 g/mol. The van der Waals surface area contributed by atoms with Crippen LogP contribution in [0.1, 0.15) is 5.56 Å². The van der Waals surface area contributed by atoms with Crippen molar-refractivity contribution >= 4 is 27.8 Å². The van der Waals surface area contributed by atoms with Crippen LogP contribution in [0, 0.1) is 6.92 Å². The molecule has 0 unspecified atom stereocenters. The molecule has 2 heteroatoms. The Morgan fingerprint density at radius 3 is 2.00 bits per heavy atom. The molecule has 5 aromatic carbocycles. The van der Waals surface area contributed by atoms with Crippen molar-refractivity contribution in [1.82, 2.24) is 4.98 Å². The predicted molar refractivity (Wildman–Crippen MR) is 151 cm³/mol. The number of aromatic nitrogens is 1. The first-order chi connectivity index (χ1) is 17.8. The van der Waals surface area contributed by atoms with Crippen LogP contribution in [0.4, 0.5) is 17.1 Å². The fourth-order valence-electron chi connectivity index (χ4n) is 5.50. The number of hydrogen-bond acceptors (Lipinski definition) is 2. The predicted octanol–water partition coefficient (Wildman–Crippen LogP) is 9.33. The van der Waals surface area contributed by atoms with E-state index in [2.05, 4.69) is 126 Å². The second-order valence-corrected chi connectivity index (χ2v) is 9.37. The van der Waals surface area contributed by atoms with Gasteiger partial charge in [-0.25, -0.2) is 0 Å². The van der Waals surface area contributed by atoms with E-state index in [1.54, 1.807) is 0 Å². The smallest absolute Gasteiger partial charge is 0.0644 e. The minimum atomic E-state index is 1.04. The van der Waals surface area contributed by atoms with Gasteiger partial charge in [-0.2, -0.15) is 0 Å². The summed E-state index contributed by atoms with van der Waals surface area (Å²) >= 11 is 0. The van der Waals surface area contributed by atoms with E-state index in [-0.39, 0.29) is 0 Å². The lowest BCUT2D eigenvalue weighted by Crippen LogP contribution is -2.10. The van der Waals surface area contributed by atoms with Gasteiger partial charge in [0.05, 0.1) is 11.9 Å². The summed E-state index contributed by atoms with van der Waals surface area (Å²) in [5, 5.41) is 2.64. The summed E-state index contributed by atoms with van der Waals surface area (Å²) in [6, 6.07) is 41.6. The van der Waals surface area contributed by atoms with E-state index < -0.39 is 0 Å². The second-order valence-electron chi connectivity index (χ2n) is 9.37. The standard InChI is InChI=1S/C34H24N2/c1-23-14-16-25(17-15-23)36(27-9-6-20-35-22-27)26-8-4-7-24(21-26)28-18-19-33-30-11-3-2-10-29(30)32-13-5-12-31(28)34(32)33/h2-22H,1H3. The third kappa shape index (κ3) is 3.23. The van der Waals surface area contributed by atoms with E-state index in [1.165, 1.54) is 49.7 Å². The largest absolute Gasteiger partial charge is 0.309 e. The molecule has 1 aromatic heterocycles. The van der Waals surface area contributed by atoms with Gasteiger partial charge in [-0.3, -0.25) is 4.98 Å². The van der Waals surface area contributed by atoms with Gasteiger partial charge in [0.1, 0.15) is 0 Å². The number of aryl methyl sites for hydroxylation is 1. The molecule has 0 bridgehead atoms. The molecule has 36 heavy (non-hydrogen) atoms. The van der Waals surface area contributed by atoms with Crippen molar-refractivity contribution in [3.05, 3.63) is 133 Å². The van der Waals surface area contributed by atoms with Gasteiger partial charge in [-0.1, -0.05) is 84.4 Å². The summed E-state index contributed by atoms with van der Waals surface area (Å²) < 4.78 is 0. The maximum absolute atomic E-state index is 4.40. The molecule has 0 fully saturated rings. The Bertz CT molecular complexity index is 1700. The van der Waals surface area contributed by atoms with Crippen LogP contribution in [0.15, 0.2) is 128 Å². The summed E-state index contributed by atoms with van der Waals surface area (Å²) in [5.74, 6) is 0. The van der Waals surface area contributed by atoms with Crippen molar-refractivity contribution in [2.75, 3.05) is 4.90 Å². The van der Waals surface area contributed by atoms with E-state index in [9.17, 15) is 0 Å². The molecule has 0 atom stereocenters. The summed E-state index contributed by atoms with van der Waals surface area (Å²) in [6.07, 6.45) is 3.74. The zero-order valence-electron chi connectivity index (χ0n) is 20.0. The van der Waals surface area contributed by atoms with E-state index in [1.807, 2.05) is 18.5 Å². The highest BCUT2D eigenvalue weighted by Gasteiger charge is 2.22. The zero-order chi connectivity index (χ0) is 24.1. The number of fused-ring (bicyclic) bond motifs is 3. The van der Waals surface area contributed by atoms with Crippen molar-refractivity contribution < 1.29 is 0 Å². The lowest BCUT2D eigenvalue weighted by atomic mass is 9.94. The molecule has 1 aliphatic carbocycles. The molecule has 1 aliphatic rings. The molecule has 0 saturated carbocycles. The van der Waals surface area contributed by atoms with Crippen LogP contribution in [-0.2, 0) is 0 Å². The Balaban J connectivity index is 1.41. The molecule has 0 N–H and O–H groups in total. The molecular weight excluding hydrogens is 436 g/mol. The molecule has 0 saturated heterocycles. The number of hydrogen-bond donors (Lipinski definition) is 0. The van der Waals surface area contributed by atoms with Crippen molar-refractivity contribution in [1.29, 1.82) is 0 Å². The second kappa shape index (κ2) is 8.21. The summed E-state index contributed by atoms with van der Waals surface area (Å²) in [7, 11) is 0. The van der Waals surface area contributed by atoms with Crippen molar-refractivity contribution in [3.63, 3.8) is 0 Å². The molecule has 0 spiro atoms. The van der Waals surface area contributed by atoms with E-state index in [0.717, 1.165) is 17.1 Å². The van der Waals surface area contributed by atoms with Crippen molar-refractivity contribution in [3.8, 4) is 33.4 Å². The first kappa shape index (κ1) is 20.7. The van der Waals surface area contributed by atoms with Gasteiger partial charge < -0.3 is 4.90 Å². The minimum Gasteiger partial charge on any atom is -0.309 e. The molecule has 6 aromatic rings. The van der Waals surface area contributed by atoms with Crippen LogP contribution in [-0.4, -0.2) is 4.98 Å². The van der Waals surface area contributed by atoms with E-state index in [0.29, 0.717) is 0 Å². The van der Waals surface area contributed by atoms with Gasteiger partial charge >= 0.3 is 0 Å². The quantitative estimate of drug-likeness (QED) is 0.260. The van der Waals surface area contributed by atoms with Crippen LogP contribution < -0.4 is 4.90 Å². The van der Waals surface area contributed by atoms with Gasteiger partial charge in [-0.05, 0) is 87.5 Å². The third-order valence-corrected chi connectivity index (χ3v) is 7.16. The Morgan fingerprint density at radius 1 is 0.528 bits per heavy atom. The van der Waals surface area contributed by atoms with Gasteiger partial charge in [0.25, 0.3) is 0 Å². The summed E-state index contributed by atoms with van der Waals surface area (Å²) in [5.41, 5.74) is 12.3. The number of benzene rings is 5. The topological polar surface area (TPSA) is 16.1 Å². The third-order valence-electron chi connectivity index (χ3n) is 7.16. The van der Waals surface area contributed by atoms with Gasteiger partial charge in [-0.15, -0.1) is 0 Å². The number of anilines is 3. The average Bonchev–Trinajstić information content (AvgIpc) is 3.26. The van der Waals surface area contributed by atoms with Crippen LogP contribution in [0.25, 0.3) is 44.2 Å². The molecule has 0 radical (unpaired) electrons. The van der Waals surface area contributed by atoms with Gasteiger partial charge in [0, 0.05) is 17.6 Å². The highest BCUT2D eigenvalue weighted by atomic mass is 15.1. The molecule has 1 heterocycles. The number of rotatable bonds is 4. The Hall–Kier alpha value is -4.69. The van der Waals surface area contributed by atoms with Crippen molar-refractivity contribution in [2.24, 2.45) is 0 Å². The van der Waals surface area contributed by atoms with Crippen LogP contribution in [0.5, 0.6) is 0 Å². The molecule has 170 valence electrons.